The molecule has 113 heavy (non-hydrogen) atoms. The molecule has 12 aromatic heterocycles. The maximum absolute atomic E-state index is 12.3. The second-order valence-corrected chi connectivity index (χ2v) is 24.2. The molecule has 586 valence electrons. The van der Waals surface area contributed by atoms with Crippen LogP contribution in [0.5, 0.6) is 29.8 Å². The molecular formula is C68H54F12N22O10S. The van der Waals surface area contributed by atoms with Gasteiger partial charge in [0.25, 0.3) is 22.2 Å². The van der Waals surface area contributed by atoms with Gasteiger partial charge in [-0.05, 0) is 86.5 Å². The van der Waals surface area contributed by atoms with E-state index in [9.17, 15) is 77.0 Å². The predicted molar refractivity (Wildman–Crippen MR) is 369 cm³/mol. The van der Waals surface area contributed by atoms with Crippen molar-refractivity contribution in [2.24, 2.45) is 0 Å². The number of hydrogen-bond acceptors (Lipinski definition) is 29. The minimum atomic E-state index is -4.49. The van der Waals surface area contributed by atoms with E-state index in [1.54, 1.807) is 43.5 Å². The van der Waals surface area contributed by atoms with E-state index in [0.717, 1.165) is 22.6 Å². The Morgan fingerprint density at radius 2 is 0.814 bits per heavy atom. The molecule has 0 spiro atoms. The molecule has 32 nitrogen and oxygen atoms in total. The molecule has 1 N–H and O–H groups in total. The van der Waals surface area contributed by atoms with E-state index in [4.69, 9.17) is 4.52 Å². The molecule has 0 atom stereocenters. The number of aromatic hydroxyl groups is 1. The summed E-state index contributed by atoms with van der Waals surface area (Å²) in [5, 5.41) is 47.7. The summed E-state index contributed by atoms with van der Waals surface area (Å²) in [5.74, 6) is 0.547. The van der Waals surface area contributed by atoms with Crippen LogP contribution >= 0.6 is 11.3 Å². The molecule has 0 radical (unpaired) electrons. The average Bonchev–Trinajstić information content (AvgIpc) is 1.67. The largest absolute Gasteiger partial charge is 0.508 e. The van der Waals surface area contributed by atoms with Crippen molar-refractivity contribution in [3.05, 3.63) is 239 Å². The molecule has 13 rings (SSSR count). The van der Waals surface area contributed by atoms with Gasteiger partial charge in [-0.1, -0.05) is 35.5 Å². The van der Waals surface area contributed by atoms with Gasteiger partial charge in [-0.2, -0.15) is 83.3 Å². The first-order chi connectivity index (χ1) is 53.7. The summed E-state index contributed by atoms with van der Waals surface area (Å²) in [6, 6.07) is 24.8. The van der Waals surface area contributed by atoms with Gasteiger partial charge in [0.1, 0.15) is 22.3 Å². The lowest BCUT2D eigenvalue weighted by atomic mass is 10.2. The third-order valence-corrected chi connectivity index (χ3v) is 15.2. The van der Waals surface area contributed by atoms with Crippen LogP contribution in [0.15, 0.2) is 183 Å². The molecule has 0 aliphatic rings. The van der Waals surface area contributed by atoms with E-state index in [0.29, 0.717) is 78.5 Å². The highest BCUT2D eigenvalue weighted by Gasteiger charge is 2.32. The molecule has 0 aliphatic carbocycles. The fourth-order valence-electron chi connectivity index (χ4n) is 9.02. The molecule has 0 amide bonds. The van der Waals surface area contributed by atoms with Crippen molar-refractivity contribution in [2.75, 3.05) is 26.4 Å². The van der Waals surface area contributed by atoms with E-state index in [-0.39, 0.29) is 54.2 Å². The Kier molecular flexibility index (Phi) is 26.5. The summed E-state index contributed by atoms with van der Waals surface area (Å²) in [7, 11) is 0. The number of aryl methyl sites for hydroxylation is 3. The Hall–Kier alpha value is -13.8. The van der Waals surface area contributed by atoms with E-state index in [1.807, 2.05) is 26.0 Å². The lowest BCUT2D eigenvalue weighted by molar-refractivity contribution is -0.155. The van der Waals surface area contributed by atoms with Gasteiger partial charge in [-0.15, -0.1) is 10.2 Å². The SMILES string of the molecule is CCc1cc(Cn2nc(-c3cnc(OCC(F)(F)F)nc3)ccc2=O)on1.Cc1cc(-c2nnc(Cn3nc(-c4cnc(OCC(F)(F)F)nc4)ccc3=O)s2)ccn1.Cc1ccc(Cn2nc(-c3cnc(OCC(F)(F)F)nc3)ccc2=O)nn1.O=c1ccc(-c2cnc(OCC(F)(F)F)nc2)nn1Cc1cccc(O)c1. The molecule has 13 aromatic rings. The second-order valence-electron chi connectivity index (χ2n) is 23.2. The Morgan fingerprint density at radius 3 is 1.19 bits per heavy atom. The van der Waals surface area contributed by atoms with Gasteiger partial charge in [0.15, 0.2) is 32.2 Å². The molecular weight excluding hydrogens is 1540 g/mol. The number of alkyl halides is 12. The van der Waals surface area contributed by atoms with Crippen LogP contribution in [0.1, 0.15) is 46.0 Å². The summed E-state index contributed by atoms with van der Waals surface area (Å²) in [6.07, 6.45) is -5.43. The highest BCUT2D eigenvalue weighted by Crippen LogP contribution is 2.27. The fraction of sp³-hybridized carbons (Fsp3) is 0.235. The molecule has 0 saturated heterocycles. The van der Waals surface area contributed by atoms with Crippen LogP contribution < -0.4 is 41.2 Å². The zero-order valence-electron chi connectivity index (χ0n) is 58.3. The van der Waals surface area contributed by atoms with Gasteiger partial charge in [0.05, 0.1) is 59.5 Å². The van der Waals surface area contributed by atoms with Crippen molar-refractivity contribution in [2.45, 2.75) is 78.1 Å². The van der Waals surface area contributed by atoms with Gasteiger partial charge < -0.3 is 28.6 Å². The molecule has 0 unspecified atom stereocenters. The summed E-state index contributed by atoms with van der Waals surface area (Å²) in [5.41, 5.74) is 6.17. The standard InChI is InChI=1S/C19H14F3N7O2S.C17H13F3N4O3.C16H13F3N6O2.C16H14F3N5O3/c1-11-6-12(4-5-23-11)17-27-26-15(32-17)9-29-16(30)3-2-14(28-29)13-7-24-18(25-8-13)31-10-19(20,21)22;18-17(19,20)10-27-16-21-7-12(8-22-16)14-4-5-15(26)24(23-14)9-11-2-1-3-13(25)6-11;1-10-2-3-12(23-22-10)8-25-14(26)5-4-13(24-25)11-6-20-15(21-7-11)27-9-16(17,18)19;1-2-11-5-12(27-23-11)8-24-14(25)4-3-13(22-24)10-6-20-15(21-7-10)26-9-16(17,18)19/h2-8H,9-10H2,1H3;1-8,25H,9-10H2;2-7H,8-9H2,1H3;3-7H,2,8-9H2,1H3. The normalized spacial score (nSPS) is 11.5. The molecule has 0 fully saturated rings. The van der Waals surface area contributed by atoms with Crippen LogP contribution in [-0.4, -0.2) is 166 Å². The number of rotatable bonds is 22. The maximum Gasteiger partial charge on any atom is 0.422 e. The number of pyridine rings is 1. The number of benzene rings is 1. The number of nitrogens with zero attached hydrogens (tertiary/aromatic N) is 22. The van der Waals surface area contributed by atoms with Crippen LogP contribution in [-0.2, 0) is 32.6 Å². The van der Waals surface area contributed by atoms with Crippen molar-refractivity contribution in [1.82, 2.24) is 110 Å². The third-order valence-electron chi connectivity index (χ3n) is 14.2. The van der Waals surface area contributed by atoms with Gasteiger partial charge in [0, 0.05) is 120 Å². The van der Waals surface area contributed by atoms with Crippen LogP contribution in [0.3, 0.4) is 0 Å². The minimum absolute atomic E-state index is 0.0690. The number of phenolic OH excluding ortho intramolecular Hbond substituents is 1. The Morgan fingerprint density at radius 1 is 0.407 bits per heavy atom. The molecule has 45 heteroatoms. The summed E-state index contributed by atoms with van der Waals surface area (Å²) < 4.78 is 174. The fourth-order valence-corrected chi connectivity index (χ4v) is 9.84. The monoisotopic (exact) mass is 1600 g/mol. The first-order valence-electron chi connectivity index (χ1n) is 32.4. The van der Waals surface area contributed by atoms with Crippen LogP contribution in [0.4, 0.5) is 52.7 Å². The van der Waals surface area contributed by atoms with Gasteiger partial charge in [0.2, 0.25) is 0 Å². The van der Waals surface area contributed by atoms with Gasteiger partial charge in [-0.3, -0.25) is 24.2 Å². The van der Waals surface area contributed by atoms with Crippen molar-refractivity contribution >= 4 is 11.3 Å². The predicted octanol–water partition coefficient (Wildman–Crippen LogP) is 9.34. The summed E-state index contributed by atoms with van der Waals surface area (Å²) in [6.45, 7) is 0.104. The zero-order valence-corrected chi connectivity index (χ0v) is 59.1. The van der Waals surface area contributed by atoms with Gasteiger partial charge >= 0.3 is 48.7 Å². The first kappa shape index (κ1) is 81.7. The molecule has 0 bridgehead atoms. The summed E-state index contributed by atoms with van der Waals surface area (Å²) in [4.78, 5) is 82.2. The number of phenols is 1. The highest BCUT2D eigenvalue weighted by molar-refractivity contribution is 7.14. The maximum atomic E-state index is 12.3. The smallest absolute Gasteiger partial charge is 0.422 e. The lowest BCUT2D eigenvalue weighted by Gasteiger charge is -2.09. The Labute approximate surface area is 629 Å². The molecule has 1 aromatic carbocycles. The van der Waals surface area contributed by atoms with Crippen LogP contribution in [0.2, 0.25) is 0 Å². The average molecular weight is 1600 g/mol. The number of hydrogen-bond donors (Lipinski definition) is 1. The van der Waals surface area contributed by atoms with Crippen molar-refractivity contribution in [3.8, 4) is 85.4 Å². The van der Waals surface area contributed by atoms with Crippen molar-refractivity contribution in [3.63, 3.8) is 0 Å². The summed E-state index contributed by atoms with van der Waals surface area (Å²) >= 11 is 1.33. The zero-order chi connectivity index (χ0) is 81.0. The van der Waals surface area contributed by atoms with Crippen molar-refractivity contribution < 1.29 is 81.3 Å². The molecule has 0 aliphatic heterocycles. The Bertz CT molecular complexity index is 5580. The van der Waals surface area contributed by atoms with E-state index in [1.165, 1.54) is 140 Å². The minimum Gasteiger partial charge on any atom is -0.508 e. The number of halogens is 12. The number of aromatic nitrogens is 22. The number of ether oxygens (including phenoxy) is 4. The Balaban J connectivity index is 0.000000160. The quantitative estimate of drug-likeness (QED) is 0.0617. The topological polar surface area (TPSA) is 390 Å². The third kappa shape index (κ3) is 25.7. The molecule has 12 heterocycles. The van der Waals surface area contributed by atoms with Crippen LogP contribution in [0.25, 0.3) is 55.6 Å². The van der Waals surface area contributed by atoms with E-state index >= 15 is 0 Å². The first-order valence-corrected chi connectivity index (χ1v) is 33.2. The highest BCUT2D eigenvalue weighted by atomic mass is 32.1. The second kappa shape index (κ2) is 36.6. The van der Waals surface area contributed by atoms with Crippen molar-refractivity contribution in [1.29, 1.82) is 0 Å². The van der Waals surface area contributed by atoms with Crippen LogP contribution in [0, 0.1) is 13.8 Å². The van der Waals surface area contributed by atoms with E-state index < -0.39 is 75.2 Å². The molecule has 0 saturated carbocycles. The lowest BCUT2D eigenvalue weighted by Crippen LogP contribution is -2.23. The van der Waals surface area contributed by atoms with Gasteiger partial charge in [-0.25, -0.2) is 58.6 Å². The van der Waals surface area contributed by atoms with E-state index in [2.05, 4.69) is 110 Å².